The van der Waals surface area contributed by atoms with Gasteiger partial charge in [-0.3, -0.25) is 9.59 Å². The molecule has 20 heavy (non-hydrogen) atoms. The molecule has 0 saturated heterocycles. The standard InChI is InChI=1S/C13H11Cl2N3O2/c14-9-3-4-11(15)10(8-9)13(20)16-6-7-18-12(19)2-1-5-17-18/h1-5,8H,6-7H2,(H,16,20). The maximum Gasteiger partial charge on any atom is 0.266 e. The van der Waals surface area contributed by atoms with Crippen LogP contribution in [-0.2, 0) is 6.54 Å². The molecule has 0 aliphatic rings. The summed E-state index contributed by atoms with van der Waals surface area (Å²) in [6.45, 7) is 0.544. The molecule has 1 amide bonds. The molecule has 1 aromatic carbocycles. The van der Waals surface area contributed by atoms with E-state index in [9.17, 15) is 9.59 Å². The molecule has 0 radical (unpaired) electrons. The lowest BCUT2D eigenvalue weighted by atomic mass is 10.2. The molecule has 0 spiro atoms. The summed E-state index contributed by atoms with van der Waals surface area (Å²) in [6.07, 6.45) is 1.51. The highest BCUT2D eigenvalue weighted by Crippen LogP contribution is 2.20. The van der Waals surface area contributed by atoms with Gasteiger partial charge in [-0.15, -0.1) is 0 Å². The molecule has 0 bridgehead atoms. The summed E-state index contributed by atoms with van der Waals surface area (Å²) >= 11 is 11.7. The van der Waals surface area contributed by atoms with Crippen molar-refractivity contribution < 1.29 is 4.79 Å². The van der Waals surface area contributed by atoms with Crippen molar-refractivity contribution in [2.45, 2.75) is 6.54 Å². The normalized spacial score (nSPS) is 10.3. The van der Waals surface area contributed by atoms with E-state index in [0.717, 1.165) is 0 Å². The van der Waals surface area contributed by atoms with Crippen LogP contribution in [0.3, 0.4) is 0 Å². The molecule has 1 aromatic heterocycles. The van der Waals surface area contributed by atoms with E-state index < -0.39 is 0 Å². The van der Waals surface area contributed by atoms with Crippen LogP contribution >= 0.6 is 23.2 Å². The number of amides is 1. The Morgan fingerprint density at radius 2 is 2.10 bits per heavy atom. The molecule has 5 nitrogen and oxygen atoms in total. The predicted octanol–water partition coefficient (Wildman–Crippen LogP) is 1.98. The number of nitrogens with one attached hydrogen (secondary N) is 1. The Morgan fingerprint density at radius 3 is 2.85 bits per heavy atom. The second kappa shape index (κ2) is 6.54. The van der Waals surface area contributed by atoms with Crippen molar-refractivity contribution in [3.8, 4) is 0 Å². The zero-order chi connectivity index (χ0) is 14.5. The number of hydrogen-bond acceptors (Lipinski definition) is 3. The Balaban J connectivity index is 1.98. The minimum Gasteiger partial charge on any atom is -0.350 e. The minimum atomic E-state index is -0.346. The Hall–Kier alpha value is -1.85. The van der Waals surface area contributed by atoms with Crippen molar-refractivity contribution in [1.82, 2.24) is 15.1 Å². The number of rotatable bonds is 4. The van der Waals surface area contributed by atoms with Gasteiger partial charge in [0.1, 0.15) is 0 Å². The van der Waals surface area contributed by atoms with E-state index >= 15 is 0 Å². The monoisotopic (exact) mass is 311 g/mol. The molecule has 0 aliphatic carbocycles. The Labute approximate surface area is 125 Å². The summed E-state index contributed by atoms with van der Waals surface area (Å²) in [5.41, 5.74) is 0.0788. The van der Waals surface area contributed by atoms with Gasteiger partial charge in [-0.2, -0.15) is 5.10 Å². The molecule has 104 valence electrons. The van der Waals surface area contributed by atoms with Gasteiger partial charge in [-0.25, -0.2) is 4.68 Å². The molecule has 1 N–H and O–H groups in total. The average molecular weight is 312 g/mol. The van der Waals surface area contributed by atoms with Crippen LogP contribution in [0.25, 0.3) is 0 Å². The molecule has 0 atom stereocenters. The van der Waals surface area contributed by atoms with Crippen LogP contribution in [0.2, 0.25) is 10.0 Å². The Morgan fingerprint density at radius 1 is 1.30 bits per heavy atom. The Bertz CT molecular complexity index is 685. The molecule has 2 rings (SSSR count). The molecule has 0 fully saturated rings. The van der Waals surface area contributed by atoms with E-state index in [1.165, 1.54) is 23.0 Å². The van der Waals surface area contributed by atoms with Crippen molar-refractivity contribution in [3.63, 3.8) is 0 Å². The van der Waals surface area contributed by atoms with Gasteiger partial charge in [0, 0.05) is 23.8 Å². The highest BCUT2D eigenvalue weighted by atomic mass is 35.5. The van der Waals surface area contributed by atoms with Gasteiger partial charge in [0.2, 0.25) is 0 Å². The van der Waals surface area contributed by atoms with E-state index in [-0.39, 0.29) is 24.6 Å². The maximum atomic E-state index is 11.9. The van der Waals surface area contributed by atoms with Crippen molar-refractivity contribution in [3.05, 3.63) is 62.5 Å². The second-order valence-corrected chi connectivity index (χ2v) is 4.81. The summed E-state index contributed by atoms with van der Waals surface area (Å²) in [7, 11) is 0. The van der Waals surface area contributed by atoms with Gasteiger partial charge in [-0.05, 0) is 24.3 Å². The van der Waals surface area contributed by atoms with Crippen molar-refractivity contribution >= 4 is 29.1 Å². The first-order valence-electron chi connectivity index (χ1n) is 5.83. The lowest BCUT2D eigenvalue weighted by molar-refractivity contribution is 0.0952. The fourth-order valence-electron chi connectivity index (χ4n) is 1.60. The topological polar surface area (TPSA) is 64.0 Å². The summed E-state index contributed by atoms with van der Waals surface area (Å²) in [6, 6.07) is 7.62. The van der Waals surface area contributed by atoms with E-state index in [4.69, 9.17) is 23.2 Å². The first kappa shape index (κ1) is 14.6. The second-order valence-electron chi connectivity index (χ2n) is 3.97. The predicted molar refractivity (Wildman–Crippen MR) is 77.3 cm³/mol. The summed E-state index contributed by atoms with van der Waals surface area (Å²) in [5, 5.41) is 7.30. The SMILES string of the molecule is O=C(NCCn1ncccc1=O)c1cc(Cl)ccc1Cl. The van der Waals surface area contributed by atoms with Crippen molar-refractivity contribution in [1.29, 1.82) is 0 Å². The number of aromatic nitrogens is 2. The lowest BCUT2D eigenvalue weighted by Crippen LogP contribution is -2.31. The van der Waals surface area contributed by atoms with Crippen LogP contribution < -0.4 is 10.9 Å². The average Bonchev–Trinajstić information content (AvgIpc) is 2.43. The zero-order valence-electron chi connectivity index (χ0n) is 10.3. The largest absolute Gasteiger partial charge is 0.350 e. The number of carbonyl (C=O) groups excluding carboxylic acids is 1. The third kappa shape index (κ3) is 3.59. The number of halogens is 2. The zero-order valence-corrected chi connectivity index (χ0v) is 11.9. The molecule has 0 unspecified atom stereocenters. The van der Waals surface area contributed by atoms with Gasteiger partial charge in [0.15, 0.2) is 0 Å². The fraction of sp³-hybridized carbons (Fsp3) is 0.154. The van der Waals surface area contributed by atoms with Crippen LogP contribution in [0.5, 0.6) is 0 Å². The van der Waals surface area contributed by atoms with Crippen molar-refractivity contribution in [2.75, 3.05) is 6.54 Å². The molecule has 7 heteroatoms. The van der Waals surface area contributed by atoms with E-state index in [2.05, 4.69) is 10.4 Å². The van der Waals surface area contributed by atoms with E-state index in [1.54, 1.807) is 18.2 Å². The minimum absolute atomic E-state index is 0.220. The number of benzene rings is 1. The van der Waals surface area contributed by atoms with E-state index in [1.807, 2.05) is 0 Å². The molecule has 0 saturated carbocycles. The van der Waals surface area contributed by atoms with Crippen LogP contribution in [-0.4, -0.2) is 22.2 Å². The first-order chi connectivity index (χ1) is 9.58. The number of carbonyl (C=O) groups is 1. The highest BCUT2D eigenvalue weighted by Gasteiger charge is 2.10. The van der Waals surface area contributed by atoms with Gasteiger partial charge < -0.3 is 5.32 Å². The summed E-state index contributed by atoms with van der Waals surface area (Å²) < 4.78 is 1.26. The van der Waals surface area contributed by atoms with Gasteiger partial charge in [0.05, 0.1) is 17.1 Å². The molecular weight excluding hydrogens is 301 g/mol. The van der Waals surface area contributed by atoms with Gasteiger partial charge in [0.25, 0.3) is 11.5 Å². The molecule has 2 aromatic rings. The number of nitrogens with zero attached hydrogens (tertiary/aromatic N) is 2. The smallest absolute Gasteiger partial charge is 0.266 e. The van der Waals surface area contributed by atoms with Crippen molar-refractivity contribution in [2.24, 2.45) is 0 Å². The molecule has 0 aliphatic heterocycles. The van der Waals surface area contributed by atoms with Crippen LogP contribution in [0.1, 0.15) is 10.4 Å². The molecular formula is C13H11Cl2N3O2. The third-order valence-corrected chi connectivity index (χ3v) is 3.13. The third-order valence-electron chi connectivity index (χ3n) is 2.57. The van der Waals surface area contributed by atoms with Crippen LogP contribution in [0, 0.1) is 0 Å². The maximum absolute atomic E-state index is 11.9. The first-order valence-corrected chi connectivity index (χ1v) is 6.59. The summed E-state index contributed by atoms with van der Waals surface area (Å²) in [4.78, 5) is 23.3. The summed E-state index contributed by atoms with van der Waals surface area (Å²) in [5.74, 6) is -0.346. The van der Waals surface area contributed by atoms with E-state index in [0.29, 0.717) is 15.6 Å². The van der Waals surface area contributed by atoms with Crippen LogP contribution in [0.4, 0.5) is 0 Å². The van der Waals surface area contributed by atoms with Crippen LogP contribution in [0.15, 0.2) is 41.3 Å². The quantitative estimate of drug-likeness (QED) is 0.939. The highest BCUT2D eigenvalue weighted by molar-refractivity contribution is 6.35. The van der Waals surface area contributed by atoms with Gasteiger partial charge in [-0.1, -0.05) is 23.2 Å². The molecule has 1 heterocycles. The number of hydrogen-bond donors (Lipinski definition) is 1. The lowest BCUT2D eigenvalue weighted by Gasteiger charge is -2.08. The van der Waals surface area contributed by atoms with Gasteiger partial charge >= 0.3 is 0 Å². The Kier molecular flexibility index (Phi) is 4.76. The fourth-order valence-corrected chi connectivity index (χ4v) is 1.97.